The van der Waals surface area contributed by atoms with Crippen LogP contribution < -0.4 is 15.6 Å². The van der Waals surface area contributed by atoms with Crippen molar-refractivity contribution >= 4 is 11.8 Å². The van der Waals surface area contributed by atoms with Gasteiger partial charge in [-0.15, -0.1) is 0 Å². The smallest absolute Gasteiger partial charge is 0.276 e. The Kier molecular flexibility index (Phi) is 5.62. The van der Waals surface area contributed by atoms with Gasteiger partial charge in [-0.05, 0) is 35.4 Å². The van der Waals surface area contributed by atoms with Gasteiger partial charge in [-0.25, -0.2) is 0 Å². The number of carbonyl (C=O) groups is 2. The van der Waals surface area contributed by atoms with Crippen LogP contribution in [0.4, 0.5) is 0 Å². The van der Waals surface area contributed by atoms with Gasteiger partial charge in [-0.1, -0.05) is 60.7 Å². The number of amides is 2. The van der Waals surface area contributed by atoms with Crippen LogP contribution in [0.5, 0.6) is 5.75 Å². The summed E-state index contributed by atoms with van der Waals surface area (Å²) in [6.45, 7) is -0.195. The van der Waals surface area contributed by atoms with E-state index in [4.69, 9.17) is 4.74 Å². The summed E-state index contributed by atoms with van der Waals surface area (Å²) in [5, 5.41) is 0. The molecule has 130 valence electrons. The number of ether oxygens (including phenoxy) is 1. The Labute approximate surface area is 151 Å². The first-order valence-corrected chi connectivity index (χ1v) is 8.15. The number of hydrogen-bond donors (Lipinski definition) is 2. The number of hydrazine groups is 1. The molecule has 0 fully saturated rings. The molecule has 0 aliphatic rings. The number of benzene rings is 3. The molecule has 0 aliphatic heterocycles. The third-order valence-electron chi connectivity index (χ3n) is 3.68. The van der Waals surface area contributed by atoms with Crippen molar-refractivity contribution in [3.8, 4) is 16.9 Å². The summed E-state index contributed by atoms with van der Waals surface area (Å²) in [4.78, 5) is 23.6. The molecule has 26 heavy (non-hydrogen) atoms. The van der Waals surface area contributed by atoms with Crippen LogP contribution in [-0.4, -0.2) is 18.4 Å². The van der Waals surface area contributed by atoms with Crippen molar-refractivity contribution in [2.45, 2.75) is 0 Å². The second-order valence-electron chi connectivity index (χ2n) is 5.55. The van der Waals surface area contributed by atoms with Crippen molar-refractivity contribution in [2.75, 3.05) is 6.61 Å². The maximum atomic E-state index is 11.8. The first kappa shape index (κ1) is 17.2. The minimum absolute atomic E-state index is 0.195. The largest absolute Gasteiger partial charge is 0.484 e. The summed E-state index contributed by atoms with van der Waals surface area (Å²) < 4.78 is 5.43. The van der Waals surface area contributed by atoms with Crippen molar-refractivity contribution in [2.24, 2.45) is 0 Å². The van der Waals surface area contributed by atoms with Crippen LogP contribution >= 0.6 is 0 Å². The normalized spacial score (nSPS) is 10.0. The van der Waals surface area contributed by atoms with E-state index in [9.17, 15) is 9.59 Å². The molecule has 0 saturated heterocycles. The molecule has 0 bridgehead atoms. The Morgan fingerprint density at radius 1 is 0.692 bits per heavy atom. The second-order valence-corrected chi connectivity index (χ2v) is 5.55. The highest BCUT2D eigenvalue weighted by molar-refractivity contribution is 5.95. The molecular weight excluding hydrogens is 328 g/mol. The monoisotopic (exact) mass is 346 g/mol. The minimum atomic E-state index is -0.443. The van der Waals surface area contributed by atoms with Crippen molar-refractivity contribution in [3.05, 3.63) is 90.5 Å². The van der Waals surface area contributed by atoms with Gasteiger partial charge in [-0.2, -0.15) is 0 Å². The first-order valence-electron chi connectivity index (χ1n) is 8.15. The van der Waals surface area contributed by atoms with Crippen LogP contribution in [0.1, 0.15) is 10.4 Å². The molecule has 2 amide bonds. The molecule has 0 atom stereocenters. The Hall–Kier alpha value is -3.60. The number of rotatable bonds is 5. The molecule has 3 aromatic rings. The molecule has 0 unspecified atom stereocenters. The van der Waals surface area contributed by atoms with E-state index < -0.39 is 5.91 Å². The molecule has 0 heterocycles. The van der Waals surface area contributed by atoms with Crippen molar-refractivity contribution in [1.82, 2.24) is 10.9 Å². The fourth-order valence-electron chi connectivity index (χ4n) is 2.35. The third-order valence-corrected chi connectivity index (χ3v) is 3.68. The predicted molar refractivity (Wildman–Crippen MR) is 99.4 cm³/mol. The maximum Gasteiger partial charge on any atom is 0.276 e. The molecule has 0 saturated carbocycles. The number of nitrogens with one attached hydrogen (secondary N) is 2. The first-order chi connectivity index (χ1) is 12.7. The molecule has 0 spiro atoms. The molecule has 5 nitrogen and oxygen atoms in total. The zero-order valence-corrected chi connectivity index (χ0v) is 14.0. The Balaban J connectivity index is 1.46. The van der Waals surface area contributed by atoms with E-state index >= 15 is 0 Å². The molecule has 0 aromatic heterocycles. The van der Waals surface area contributed by atoms with Crippen molar-refractivity contribution in [3.63, 3.8) is 0 Å². The summed E-state index contributed by atoms with van der Waals surface area (Å²) in [6, 6.07) is 26.1. The standard InChI is InChI=1S/C21H18N2O3/c24-20(22-23-21(25)18-9-5-2-6-10-18)15-26-19-13-11-17(12-14-19)16-7-3-1-4-8-16/h1-14H,15H2,(H,22,24)(H,23,25). The molecular formula is C21H18N2O3. The van der Waals surface area contributed by atoms with Crippen LogP contribution in [0.2, 0.25) is 0 Å². The summed E-state index contributed by atoms with van der Waals surface area (Å²) >= 11 is 0. The lowest BCUT2D eigenvalue weighted by Crippen LogP contribution is -2.43. The lowest BCUT2D eigenvalue weighted by Gasteiger charge is -2.09. The highest BCUT2D eigenvalue weighted by Crippen LogP contribution is 2.21. The Bertz CT molecular complexity index is 863. The zero-order chi connectivity index (χ0) is 18.2. The fourth-order valence-corrected chi connectivity index (χ4v) is 2.35. The SMILES string of the molecule is O=C(COc1ccc(-c2ccccc2)cc1)NNC(=O)c1ccccc1. The van der Waals surface area contributed by atoms with Gasteiger partial charge < -0.3 is 4.74 Å². The van der Waals surface area contributed by atoms with Crippen LogP contribution in [0.3, 0.4) is 0 Å². The predicted octanol–water partition coefficient (Wildman–Crippen LogP) is 3.19. The van der Waals surface area contributed by atoms with Gasteiger partial charge in [0, 0.05) is 5.56 Å². The zero-order valence-electron chi connectivity index (χ0n) is 14.0. The summed E-state index contributed by atoms with van der Waals surface area (Å²) in [5.74, 6) is -0.248. The molecule has 2 N–H and O–H groups in total. The lowest BCUT2D eigenvalue weighted by atomic mass is 10.1. The second kappa shape index (κ2) is 8.48. The van der Waals surface area contributed by atoms with E-state index in [1.807, 2.05) is 48.5 Å². The van der Waals surface area contributed by atoms with Gasteiger partial charge in [0.15, 0.2) is 6.61 Å². The van der Waals surface area contributed by atoms with E-state index in [-0.39, 0.29) is 12.5 Å². The number of carbonyl (C=O) groups excluding carboxylic acids is 2. The fraction of sp³-hybridized carbons (Fsp3) is 0.0476. The van der Waals surface area contributed by atoms with Gasteiger partial charge in [0.05, 0.1) is 0 Å². The molecule has 0 radical (unpaired) electrons. The third kappa shape index (κ3) is 4.70. The van der Waals surface area contributed by atoms with Gasteiger partial charge >= 0.3 is 0 Å². The van der Waals surface area contributed by atoms with E-state index in [2.05, 4.69) is 10.9 Å². The molecule has 0 aliphatic carbocycles. The van der Waals surface area contributed by atoms with E-state index in [0.717, 1.165) is 11.1 Å². The molecule has 3 aromatic carbocycles. The topological polar surface area (TPSA) is 67.4 Å². The Morgan fingerprint density at radius 2 is 1.27 bits per heavy atom. The molecule has 5 heteroatoms. The van der Waals surface area contributed by atoms with Crippen molar-refractivity contribution < 1.29 is 14.3 Å². The average molecular weight is 346 g/mol. The lowest BCUT2D eigenvalue weighted by molar-refractivity contribution is -0.123. The highest BCUT2D eigenvalue weighted by atomic mass is 16.5. The van der Waals surface area contributed by atoms with Crippen LogP contribution in [-0.2, 0) is 4.79 Å². The van der Waals surface area contributed by atoms with Gasteiger partial charge in [0.1, 0.15) is 5.75 Å². The minimum Gasteiger partial charge on any atom is -0.484 e. The number of hydrogen-bond acceptors (Lipinski definition) is 3. The van der Waals surface area contributed by atoms with Crippen LogP contribution in [0.25, 0.3) is 11.1 Å². The van der Waals surface area contributed by atoms with E-state index in [1.165, 1.54) is 0 Å². The average Bonchev–Trinajstić information content (AvgIpc) is 2.72. The van der Waals surface area contributed by atoms with Gasteiger partial charge in [0.2, 0.25) is 0 Å². The van der Waals surface area contributed by atoms with Gasteiger partial charge in [-0.3, -0.25) is 20.4 Å². The van der Waals surface area contributed by atoms with E-state index in [0.29, 0.717) is 11.3 Å². The highest BCUT2D eigenvalue weighted by Gasteiger charge is 2.07. The quantitative estimate of drug-likeness (QED) is 0.697. The maximum absolute atomic E-state index is 11.8. The van der Waals surface area contributed by atoms with Crippen LogP contribution in [0.15, 0.2) is 84.9 Å². The van der Waals surface area contributed by atoms with Gasteiger partial charge in [0.25, 0.3) is 11.8 Å². The van der Waals surface area contributed by atoms with Crippen LogP contribution in [0, 0.1) is 0 Å². The summed E-state index contributed by atoms with van der Waals surface area (Å²) in [7, 11) is 0. The van der Waals surface area contributed by atoms with Crippen molar-refractivity contribution in [1.29, 1.82) is 0 Å². The molecule has 3 rings (SSSR count). The summed E-state index contributed by atoms with van der Waals surface area (Å²) in [5.41, 5.74) is 7.31. The Morgan fingerprint density at radius 3 is 1.92 bits per heavy atom. The summed E-state index contributed by atoms with van der Waals surface area (Å²) in [6.07, 6.45) is 0. The van der Waals surface area contributed by atoms with E-state index in [1.54, 1.807) is 36.4 Å².